The smallest absolute Gasteiger partial charge is 0.449 e. The number of phosphoric ester groups is 1. The van der Waals surface area contributed by atoms with Gasteiger partial charge in [0.1, 0.15) is 0 Å². The lowest BCUT2D eigenvalue weighted by atomic mass is 9.53. The van der Waals surface area contributed by atoms with Gasteiger partial charge in [0, 0.05) is 22.4 Å². The molecular formula is C26H25Cl4O7P. The fourth-order valence-corrected chi connectivity index (χ4v) is 8.37. The number of benzene rings is 2. The molecule has 3 aliphatic carbocycles. The Kier molecular flexibility index (Phi) is 7.03. The van der Waals surface area contributed by atoms with Crippen LogP contribution >= 0.6 is 54.2 Å². The number of hydrogen-bond donors (Lipinski definition) is 2. The van der Waals surface area contributed by atoms with Crippen molar-refractivity contribution in [2.75, 3.05) is 0 Å². The SMILES string of the molecule is O=P(O)(O)Oc1cc(C2(Oc3c(Cl)cc(Cl)cc3Cl)OOC23C2CCCC3C3=C(CCCC3)C2)ccc1Cl. The average molecular weight is 622 g/mol. The monoisotopic (exact) mass is 620 g/mol. The Hall–Kier alpha value is -0.990. The molecule has 0 radical (unpaired) electrons. The average Bonchev–Trinajstić information content (AvgIpc) is 2.83. The third kappa shape index (κ3) is 4.30. The van der Waals surface area contributed by atoms with Crippen LogP contribution in [0.25, 0.3) is 0 Å². The van der Waals surface area contributed by atoms with Crippen molar-refractivity contribution in [1.82, 2.24) is 0 Å². The van der Waals surface area contributed by atoms with Crippen LogP contribution in [-0.4, -0.2) is 15.4 Å². The van der Waals surface area contributed by atoms with Crippen LogP contribution in [0.15, 0.2) is 41.5 Å². The van der Waals surface area contributed by atoms with Gasteiger partial charge in [0.25, 0.3) is 5.79 Å². The molecule has 204 valence electrons. The highest BCUT2D eigenvalue weighted by Crippen LogP contribution is 2.67. The van der Waals surface area contributed by atoms with Crippen molar-refractivity contribution in [3.63, 3.8) is 0 Å². The standard InChI is InChI=1S/C26H25Cl4O7P/c27-17-12-21(29)24(22(30)13-17)34-26(16-8-9-20(28)23(11-16)35-38(31,32)33)25(36-37-26)15-5-3-7-19(25)18-6-2-1-4-14(18)10-15/h8-9,11-13,15,19H,1-7,10H2,(H2,31,32,33). The minimum absolute atomic E-state index is 0.0187. The molecule has 1 saturated carbocycles. The number of ether oxygens (including phenoxy) is 1. The maximum atomic E-state index is 11.7. The van der Waals surface area contributed by atoms with Gasteiger partial charge in [-0.25, -0.2) is 9.45 Å². The number of phosphoric acid groups is 1. The van der Waals surface area contributed by atoms with Crippen LogP contribution in [0.1, 0.15) is 56.9 Å². The second-order valence-corrected chi connectivity index (χ2v) is 13.1. The van der Waals surface area contributed by atoms with E-state index in [4.69, 9.17) is 65.4 Å². The minimum atomic E-state index is -4.91. The van der Waals surface area contributed by atoms with Crippen LogP contribution in [-0.2, 0) is 20.1 Å². The fourth-order valence-electron chi connectivity index (χ4n) is 6.85. The van der Waals surface area contributed by atoms with Gasteiger partial charge >= 0.3 is 7.82 Å². The van der Waals surface area contributed by atoms with E-state index >= 15 is 0 Å². The molecule has 38 heavy (non-hydrogen) atoms. The van der Waals surface area contributed by atoms with Crippen molar-refractivity contribution in [2.45, 2.75) is 62.8 Å². The van der Waals surface area contributed by atoms with Gasteiger partial charge in [-0.05, 0) is 69.2 Å². The molecule has 1 heterocycles. The van der Waals surface area contributed by atoms with E-state index in [1.165, 1.54) is 41.8 Å². The summed E-state index contributed by atoms with van der Waals surface area (Å²) in [6.45, 7) is 0. The second kappa shape index (κ2) is 9.83. The van der Waals surface area contributed by atoms with Crippen LogP contribution < -0.4 is 9.26 Å². The molecule has 4 unspecified atom stereocenters. The van der Waals surface area contributed by atoms with Crippen LogP contribution in [0.3, 0.4) is 0 Å². The largest absolute Gasteiger partial charge is 0.524 e. The Bertz CT molecular complexity index is 1350. The molecule has 0 amide bonds. The summed E-state index contributed by atoms with van der Waals surface area (Å²) in [5.74, 6) is -1.52. The van der Waals surface area contributed by atoms with E-state index in [-0.39, 0.29) is 38.4 Å². The zero-order valence-electron chi connectivity index (χ0n) is 20.1. The lowest BCUT2D eigenvalue weighted by Crippen LogP contribution is -2.76. The van der Waals surface area contributed by atoms with E-state index in [2.05, 4.69) is 0 Å². The quantitative estimate of drug-likeness (QED) is 0.197. The Morgan fingerprint density at radius 1 is 0.921 bits per heavy atom. The summed E-state index contributed by atoms with van der Waals surface area (Å²) >= 11 is 25.5. The van der Waals surface area contributed by atoms with Crippen molar-refractivity contribution < 1.29 is 33.4 Å². The molecule has 6 rings (SSSR count). The van der Waals surface area contributed by atoms with Crippen LogP contribution in [0, 0.1) is 11.8 Å². The zero-order valence-corrected chi connectivity index (χ0v) is 24.0. The summed E-state index contributed by atoms with van der Waals surface area (Å²) in [4.78, 5) is 31.2. The predicted octanol–water partition coefficient (Wildman–Crippen LogP) is 8.39. The van der Waals surface area contributed by atoms with E-state index in [1.54, 1.807) is 6.07 Å². The number of halogens is 4. The lowest BCUT2D eigenvalue weighted by Gasteiger charge is -2.65. The number of hydrogen-bond acceptors (Lipinski definition) is 5. The first-order chi connectivity index (χ1) is 18.0. The molecule has 2 N–H and O–H groups in total. The zero-order chi connectivity index (χ0) is 26.9. The summed E-state index contributed by atoms with van der Waals surface area (Å²) in [5, 5.41) is 0.737. The van der Waals surface area contributed by atoms with Crippen molar-refractivity contribution in [3.8, 4) is 11.5 Å². The highest BCUT2D eigenvalue weighted by Gasteiger charge is 2.76. The lowest BCUT2D eigenvalue weighted by molar-refractivity contribution is -0.628. The normalized spacial score (nSPS) is 30.6. The van der Waals surface area contributed by atoms with Crippen molar-refractivity contribution >= 4 is 54.2 Å². The second-order valence-electron chi connectivity index (χ2n) is 10.3. The first-order valence-corrected chi connectivity index (χ1v) is 15.5. The molecular weight excluding hydrogens is 597 g/mol. The number of fused-ring (bicyclic) bond motifs is 1. The van der Waals surface area contributed by atoms with Gasteiger partial charge in [0.2, 0.25) is 0 Å². The van der Waals surface area contributed by atoms with Crippen LogP contribution in [0.4, 0.5) is 0 Å². The van der Waals surface area contributed by atoms with Crippen LogP contribution in [0.5, 0.6) is 11.5 Å². The molecule has 4 atom stereocenters. The van der Waals surface area contributed by atoms with E-state index in [0.717, 1.165) is 44.9 Å². The molecule has 2 bridgehead atoms. The molecule has 1 spiro atoms. The van der Waals surface area contributed by atoms with E-state index in [9.17, 15) is 14.4 Å². The van der Waals surface area contributed by atoms with Gasteiger partial charge in [-0.2, -0.15) is 4.89 Å². The maximum absolute atomic E-state index is 11.7. The van der Waals surface area contributed by atoms with Gasteiger partial charge in [-0.15, -0.1) is 0 Å². The van der Waals surface area contributed by atoms with Gasteiger partial charge in [0.15, 0.2) is 17.1 Å². The van der Waals surface area contributed by atoms with Gasteiger partial charge < -0.3 is 9.26 Å². The Morgan fingerprint density at radius 3 is 2.34 bits per heavy atom. The van der Waals surface area contributed by atoms with E-state index < -0.39 is 19.2 Å². The third-order valence-corrected chi connectivity index (χ3v) is 9.79. The number of rotatable bonds is 5. The molecule has 7 nitrogen and oxygen atoms in total. The third-order valence-electron chi connectivity index (χ3n) is 8.26. The molecule has 2 aromatic rings. The Labute approximate surface area is 240 Å². The van der Waals surface area contributed by atoms with Gasteiger partial charge in [-0.1, -0.05) is 70.0 Å². The summed E-state index contributed by atoms with van der Waals surface area (Å²) in [7, 11) is -4.91. The highest BCUT2D eigenvalue weighted by atomic mass is 35.5. The molecule has 1 saturated heterocycles. The van der Waals surface area contributed by atoms with Crippen molar-refractivity contribution in [1.29, 1.82) is 0 Å². The first kappa shape index (κ1) is 27.2. The fraction of sp³-hybridized carbons (Fsp3) is 0.462. The molecule has 2 aromatic carbocycles. The molecule has 2 fully saturated rings. The Balaban J connectivity index is 1.55. The van der Waals surface area contributed by atoms with E-state index in [1.807, 2.05) is 0 Å². The maximum Gasteiger partial charge on any atom is 0.524 e. The van der Waals surface area contributed by atoms with Crippen LogP contribution in [0.2, 0.25) is 20.1 Å². The van der Waals surface area contributed by atoms with Crippen molar-refractivity contribution in [2.24, 2.45) is 11.8 Å². The predicted molar refractivity (Wildman–Crippen MR) is 144 cm³/mol. The topological polar surface area (TPSA) is 94.5 Å². The summed E-state index contributed by atoms with van der Waals surface area (Å²) < 4.78 is 23.3. The molecule has 1 aliphatic heterocycles. The minimum Gasteiger partial charge on any atom is -0.449 e. The summed E-state index contributed by atoms with van der Waals surface area (Å²) in [6, 6.07) is 7.63. The van der Waals surface area contributed by atoms with Gasteiger partial charge in [0.05, 0.1) is 15.1 Å². The number of allylic oxidation sites excluding steroid dienone is 1. The first-order valence-electron chi connectivity index (χ1n) is 12.5. The van der Waals surface area contributed by atoms with Gasteiger partial charge in [-0.3, -0.25) is 9.79 Å². The Morgan fingerprint density at radius 2 is 1.66 bits per heavy atom. The molecule has 12 heteroatoms. The van der Waals surface area contributed by atoms with Crippen molar-refractivity contribution in [3.05, 3.63) is 67.1 Å². The molecule has 4 aliphatic rings. The van der Waals surface area contributed by atoms with E-state index in [0.29, 0.717) is 10.6 Å². The highest BCUT2D eigenvalue weighted by molar-refractivity contribution is 7.46. The summed E-state index contributed by atoms with van der Waals surface area (Å²) in [6.07, 6.45) is 8.08. The molecule has 0 aromatic heterocycles. The summed E-state index contributed by atoms with van der Waals surface area (Å²) in [5.41, 5.74) is 2.39.